The van der Waals surface area contributed by atoms with E-state index < -0.39 is 66.3 Å². The summed E-state index contributed by atoms with van der Waals surface area (Å²) in [7, 11) is 0. The monoisotopic (exact) mass is 854 g/mol. The van der Waals surface area contributed by atoms with Gasteiger partial charge in [0.05, 0.1) is 12.1 Å². The zero-order valence-corrected chi connectivity index (χ0v) is 34.8. The van der Waals surface area contributed by atoms with Crippen LogP contribution in [-0.4, -0.2) is 91.4 Å². The molecule has 9 N–H and O–H groups in total. The van der Waals surface area contributed by atoms with Gasteiger partial charge in [-0.2, -0.15) is 0 Å². The number of benzene rings is 4. The highest BCUT2D eigenvalue weighted by atomic mass is 16.4. The molecule has 4 rings (SSSR count). The molecule has 0 radical (unpaired) electrons. The van der Waals surface area contributed by atoms with Crippen molar-refractivity contribution >= 4 is 52.9 Å². The highest BCUT2D eigenvalue weighted by Gasteiger charge is 2.29. The predicted molar refractivity (Wildman–Crippen MR) is 231 cm³/mol. The van der Waals surface area contributed by atoms with E-state index in [2.05, 4.69) is 21.3 Å². The summed E-state index contributed by atoms with van der Waals surface area (Å²) < 4.78 is 0. The van der Waals surface area contributed by atoms with Crippen molar-refractivity contribution in [1.82, 2.24) is 10.6 Å². The Hall–Kier alpha value is -6.91. The molecule has 4 aromatic rings. The van der Waals surface area contributed by atoms with Gasteiger partial charge in [0.1, 0.15) is 6.42 Å². The van der Waals surface area contributed by atoms with Gasteiger partial charge in [-0.25, -0.2) is 9.59 Å². The van der Waals surface area contributed by atoms with E-state index in [9.17, 15) is 54.0 Å². The molecule has 16 nitrogen and oxygen atoms in total. The average Bonchev–Trinajstić information content (AvgIpc) is 3.25. The summed E-state index contributed by atoms with van der Waals surface area (Å²) in [6.07, 6.45) is -0.751. The molecule has 330 valence electrons. The molecule has 16 heteroatoms. The Morgan fingerprint density at radius 2 is 0.952 bits per heavy atom. The first-order valence-corrected chi connectivity index (χ1v) is 20.1. The van der Waals surface area contributed by atoms with Crippen LogP contribution >= 0.6 is 0 Å². The highest BCUT2D eigenvalue weighted by molar-refractivity contribution is 6.03. The molecule has 0 aliphatic rings. The van der Waals surface area contributed by atoms with E-state index in [-0.39, 0.29) is 29.9 Å². The summed E-state index contributed by atoms with van der Waals surface area (Å²) in [4.78, 5) is 83.0. The van der Waals surface area contributed by atoms with Crippen LogP contribution in [0.1, 0.15) is 89.4 Å². The van der Waals surface area contributed by atoms with Gasteiger partial charge in [0.2, 0.25) is 11.8 Å². The van der Waals surface area contributed by atoms with E-state index in [1.807, 2.05) is 26.8 Å². The number of hydrogen-bond acceptors (Lipinski definition) is 9. The van der Waals surface area contributed by atoms with Crippen molar-refractivity contribution < 1.29 is 59.1 Å². The number of nitrogens with one attached hydrogen (secondary N) is 4. The van der Waals surface area contributed by atoms with Crippen molar-refractivity contribution in [2.24, 2.45) is 0 Å². The highest BCUT2D eigenvalue weighted by Crippen LogP contribution is 2.21. The molecule has 0 bridgehead atoms. The van der Waals surface area contributed by atoms with Gasteiger partial charge in [-0.1, -0.05) is 100.0 Å². The SMILES string of the molecule is CCCCC(=O)Nc1cc(C(=O)N[C@H](Cc2ccccc2)[C@@H](O)C(=O)O)ccc1CC.CCc1ccc(C(=O)N[C@H](Cc2ccccc2)[C@@H](O)C(=O)O)cc1NC(=O)CC(=O)O. The number of aliphatic carboxylic acids is 3. The van der Waals surface area contributed by atoms with E-state index in [0.717, 1.165) is 29.5 Å². The van der Waals surface area contributed by atoms with Gasteiger partial charge in [-0.05, 0) is 78.6 Å². The van der Waals surface area contributed by atoms with E-state index in [1.54, 1.807) is 78.9 Å². The van der Waals surface area contributed by atoms with Crippen molar-refractivity contribution in [2.45, 2.75) is 96.4 Å². The Labute approximate surface area is 359 Å². The smallest absolute Gasteiger partial charge is 0.334 e. The van der Waals surface area contributed by atoms with Crippen LogP contribution in [0.2, 0.25) is 0 Å². The number of hydrogen-bond donors (Lipinski definition) is 9. The molecule has 0 aromatic heterocycles. The zero-order valence-electron chi connectivity index (χ0n) is 34.8. The second-order valence-corrected chi connectivity index (χ2v) is 14.3. The summed E-state index contributed by atoms with van der Waals surface area (Å²) >= 11 is 0. The number of amides is 4. The van der Waals surface area contributed by atoms with Gasteiger partial charge in [0, 0.05) is 28.9 Å². The maximum Gasteiger partial charge on any atom is 0.334 e. The maximum atomic E-state index is 12.9. The fraction of sp³-hybridized carbons (Fsp3) is 0.326. The van der Waals surface area contributed by atoms with Gasteiger partial charge >= 0.3 is 17.9 Å². The number of rotatable bonds is 21. The third-order valence-electron chi connectivity index (χ3n) is 9.62. The van der Waals surface area contributed by atoms with E-state index in [1.165, 1.54) is 12.1 Å². The largest absolute Gasteiger partial charge is 0.481 e. The number of carboxylic acids is 3. The summed E-state index contributed by atoms with van der Waals surface area (Å²) in [5, 5.41) is 57.9. The summed E-state index contributed by atoms with van der Waals surface area (Å²) in [5.41, 5.74) is 4.37. The molecular weight excluding hydrogens is 801 g/mol. The molecule has 4 amide bonds. The lowest BCUT2D eigenvalue weighted by molar-refractivity contribution is -0.148. The normalized spacial score (nSPS) is 12.5. The fourth-order valence-corrected chi connectivity index (χ4v) is 6.23. The van der Waals surface area contributed by atoms with Crippen molar-refractivity contribution in [2.75, 3.05) is 10.6 Å². The van der Waals surface area contributed by atoms with Crippen molar-refractivity contribution in [3.8, 4) is 0 Å². The molecule has 4 atom stereocenters. The van der Waals surface area contributed by atoms with Crippen LogP contribution in [0.4, 0.5) is 11.4 Å². The molecule has 4 aromatic carbocycles. The first-order chi connectivity index (χ1) is 29.6. The Balaban J connectivity index is 0.000000330. The quantitative estimate of drug-likeness (QED) is 0.0520. The van der Waals surface area contributed by atoms with Gasteiger partial charge in [-0.15, -0.1) is 0 Å². The Morgan fingerprint density at radius 3 is 1.31 bits per heavy atom. The summed E-state index contributed by atoms with van der Waals surface area (Å²) in [6, 6.07) is 25.2. The van der Waals surface area contributed by atoms with Crippen LogP contribution in [-0.2, 0) is 49.7 Å². The average molecular weight is 855 g/mol. The number of unbranched alkanes of at least 4 members (excludes halogenated alkanes) is 1. The molecular formula is C46H54N4O12. The minimum absolute atomic E-state index is 0.0926. The van der Waals surface area contributed by atoms with E-state index >= 15 is 0 Å². The maximum absolute atomic E-state index is 12.9. The third kappa shape index (κ3) is 15.9. The lowest BCUT2D eigenvalue weighted by Crippen LogP contribution is -2.48. The minimum Gasteiger partial charge on any atom is -0.481 e. The van der Waals surface area contributed by atoms with Crippen LogP contribution < -0.4 is 21.3 Å². The molecule has 0 aliphatic heterocycles. The molecule has 0 fully saturated rings. The third-order valence-corrected chi connectivity index (χ3v) is 9.62. The lowest BCUT2D eigenvalue weighted by atomic mass is 10.00. The van der Waals surface area contributed by atoms with Crippen LogP contribution in [0.5, 0.6) is 0 Å². The predicted octanol–water partition coefficient (Wildman–Crippen LogP) is 4.61. The van der Waals surface area contributed by atoms with Crippen LogP contribution in [0, 0.1) is 0 Å². The zero-order chi connectivity index (χ0) is 45.8. The van der Waals surface area contributed by atoms with Crippen LogP contribution in [0.25, 0.3) is 0 Å². The topological polar surface area (TPSA) is 269 Å². The number of carbonyl (C=O) groups excluding carboxylic acids is 4. The second-order valence-electron chi connectivity index (χ2n) is 14.3. The molecule has 0 saturated carbocycles. The van der Waals surface area contributed by atoms with Crippen LogP contribution in [0.3, 0.4) is 0 Å². The van der Waals surface area contributed by atoms with Crippen molar-refractivity contribution in [3.05, 3.63) is 130 Å². The van der Waals surface area contributed by atoms with Gasteiger partial charge in [0.25, 0.3) is 11.8 Å². The van der Waals surface area contributed by atoms with Crippen molar-refractivity contribution in [3.63, 3.8) is 0 Å². The first kappa shape index (κ1) is 49.5. The number of anilines is 2. The first-order valence-electron chi connectivity index (χ1n) is 20.1. The van der Waals surface area contributed by atoms with Gasteiger partial charge in [0.15, 0.2) is 12.2 Å². The molecule has 0 saturated heterocycles. The summed E-state index contributed by atoms with van der Waals surface area (Å²) in [5.74, 6) is -6.17. The number of aliphatic hydroxyl groups excluding tert-OH is 2. The standard InChI is InChI=1S/C24H30N2O5.C22H24N2O7/c1-3-5-11-21(27)25-19-15-18(13-12-17(19)4-2)23(29)26-20(22(28)24(30)31)14-16-9-7-6-8-10-16;1-2-14-8-9-15(11-16(14)23-18(25)12-19(26)27)21(29)24-17(20(28)22(30)31)10-13-6-4-3-5-7-13/h6-10,12-13,15,20,22,28H,3-5,11,14H2,1-2H3,(H,25,27)(H,26,29)(H,30,31);3-9,11,17,20,28H,2,10,12H2,1H3,(H,23,25)(H,24,29)(H,26,27)(H,30,31)/t20-,22-;17-,20-/m11/s1. The number of aryl methyl sites for hydroxylation is 2. The molecule has 0 heterocycles. The summed E-state index contributed by atoms with van der Waals surface area (Å²) in [6.45, 7) is 5.80. The van der Waals surface area contributed by atoms with E-state index in [0.29, 0.717) is 36.2 Å². The number of carboxylic acid groups (broad SMARTS) is 3. The fourth-order valence-electron chi connectivity index (χ4n) is 6.23. The minimum atomic E-state index is -1.83. The lowest BCUT2D eigenvalue weighted by Gasteiger charge is -2.22. The molecule has 62 heavy (non-hydrogen) atoms. The van der Waals surface area contributed by atoms with Gasteiger partial charge < -0.3 is 46.8 Å². The van der Waals surface area contributed by atoms with Gasteiger partial charge in [-0.3, -0.25) is 24.0 Å². The Morgan fingerprint density at radius 1 is 0.548 bits per heavy atom. The number of aliphatic hydroxyl groups is 2. The molecule has 0 spiro atoms. The molecule has 0 unspecified atom stereocenters. The van der Waals surface area contributed by atoms with E-state index in [4.69, 9.17) is 5.11 Å². The number of carbonyl (C=O) groups is 7. The Bertz CT molecular complexity index is 2160. The van der Waals surface area contributed by atoms with Crippen LogP contribution in [0.15, 0.2) is 97.1 Å². The Kier molecular flexibility index (Phi) is 19.9. The second kappa shape index (κ2) is 25.0. The van der Waals surface area contributed by atoms with Crippen molar-refractivity contribution in [1.29, 1.82) is 0 Å². The molecule has 0 aliphatic carbocycles.